The predicted molar refractivity (Wildman–Crippen MR) is 78.6 cm³/mol. The molecule has 0 atom stereocenters. The van der Waals surface area contributed by atoms with Crippen LogP contribution in [0.15, 0.2) is 48.5 Å². The molecular weight excluding hydrogens is 274 g/mol. The van der Waals surface area contributed by atoms with Crippen molar-refractivity contribution in [2.45, 2.75) is 0 Å². The van der Waals surface area contributed by atoms with Crippen LogP contribution in [0.3, 0.4) is 0 Å². The first-order chi connectivity index (χ1) is 9.70. The fourth-order valence-corrected chi connectivity index (χ4v) is 2.38. The molecule has 0 amide bonds. The molecule has 0 aliphatic heterocycles. The van der Waals surface area contributed by atoms with E-state index in [0.29, 0.717) is 10.8 Å². The van der Waals surface area contributed by atoms with Crippen LogP contribution in [0.1, 0.15) is 5.69 Å². The van der Waals surface area contributed by atoms with Crippen molar-refractivity contribution >= 4 is 28.7 Å². The number of hydrogen-bond donors (Lipinski definition) is 1. The van der Waals surface area contributed by atoms with Crippen molar-refractivity contribution in [1.29, 1.82) is 0 Å². The lowest BCUT2D eigenvalue weighted by Crippen LogP contribution is -1.91. The Morgan fingerprint density at radius 3 is 2.45 bits per heavy atom. The van der Waals surface area contributed by atoms with Crippen LogP contribution in [-0.4, -0.2) is 16.4 Å². The predicted octanol–water partition coefficient (Wildman–Crippen LogP) is 3.72. The molecule has 1 aromatic heterocycles. The molecule has 2 aromatic carbocycles. The van der Waals surface area contributed by atoms with E-state index < -0.39 is 0 Å². The Morgan fingerprint density at radius 1 is 1.00 bits per heavy atom. The number of hydrogen-bond acceptors (Lipinski definition) is 3. The van der Waals surface area contributed by atoms with Gasteiger partial charge in [-0.1, -0.05) is 48.0 Å². The topological polar surface area (TPSA) is 50.2 Å². The lowest BCUT2D eigenvalue weighted by atomic mass is 10.0. The summed E-state index contributed by atoms with van der Waals surface area (Å²) in [6.45, 7) is 0. The fraction of sp³-hybridized carbons (Fsp3) is 0. The quantitative estimate of drug-likeness (QED) is 0.729. The standard InChI is InChI=1S/C16H9ClNO2/c17-16-13-8-11(10-4-2-1-3-5-10)6-7-12(13)15(20)14(9-19)18-16/h1-8,20H. The van der Waals surface area contributed by atoms with Gasteiger partial charge in [0.15, 0.2) is 11.4 Å². The second kappa shape index (κ2) is 4.94. The molecule has 1 N–H and O–H groups in total. The maximum Gasteiger partial charge on any atom is 0.257 e. The molecule has 0 saturated carbocycles. The number of rotatable bonds is 2. The van der Waals surface area contributed by atoms with Crippen LogP contribution < -0.4 is 0 Å². The monoisotopic (exact) mass is 282 g/mol. The molecule has 1 radical (unpaired) electrons. The van der Waals surface area contributed by atoms with Gasteiger partial charge >= 0.3 is 0 Å². The molecular formula is C16H9ClNO2. The Morgan fingerprint density at radius 2 is 1.75 bits per heavy atom. The van der Waals surface area contributed by atoms with Crippen LogP contribution in [0.4, 0.5) is 0 Å². The van der Waals surface area contributed by atoms with E-state index in [1.165, 1.54) is 0 Å². The summed E-state index contributed by atoms with van der Waals surface area (Å²) in [6.07, 6.45) is 1.58. The van der Waals surface area contributed by atoms with E-state index >= 15 is 0 Å². The van der Waals surface area contributed by atoms with Crippen molar-refractivity contribution in [3.8, 4) is 16.9 Å². The Balaban J connectivity index is 2.27. The van der Waals surface area contributed by atoms with E-state index in [2.05, 4.69) is 4.98 Å². The first-order valence-corrected chi connectivity index (χ1v) is 6.34. The van der Waals surface area contributed by atoms with Crippen LogP contribution in [-0.2, 0) is 4.79 Å². The summed E-state index contributed by atoms with van der Waals surface area (Å²) in [7, 11) is 0. The van der Waals surface area contributed by atoms with Crippen molar-refractivity contribution < 1.29 is 9.90 Å². The summed E-state index contributed by atoms with van der Waals surface area (Å²) in [5.74, 6) is -0.195. The molecule has 3 rings (SSSR count). The lowest BCUT2D eigenvalue weighted by Gasteiger charge is -2.07. The second-order valence-electron chi connectivity index (χ2n) is 4.33. The summed E-state index contributed by atoms with van der Waals surface area (Å²) < 4.78 is 0. The number of carbonyl (C=O) groups excluding carboxylic acids is 1. The van der Waals surface area contributed by atoms with Gasteiger partial charge in [-0.25, -0.2) is 4.98 Å². The molecule has 0 aliphatic rings. The summed E-state index contributed by atoms with van der Waals surface area (Å²) in [5.41, 5.74) is 1.83. The van der Waals surface area contributed by atoms with E-state index in [9.17, 15) is 9.90 Å². The van der Waals surface area contributed by atoms with Gasteiger partial charge in [0.1, 0.15) is 5.15 Å². The summed E-state index contributed by atoms with van der Waals surface area (Å²) in [6, 6.07) is 15.2. The molecule has 0 bridgehead atoms. The van der Waals surface area contributed by atoms with E-state index in [1.807, 2.05) is 42.5 Å². The average molecular weight is 283 g/mol. The number of pyridine rings is 1. The third-order valence-corrected chi connectivity index (χ3v) is 3.42. The Bertz CT molecular complexity index is 800. The highest BCUT2D eigenvalue weighted by Crippen LogP contribution is 2.34. The molecule has 4 heteroatoms. The van der Waals surface area contributed by atoms with Gasteiger partial charge in [0, 0.05) is 10.8 Å². The molecule has 1 heterocycles. The largest absolute Gasteiger partial charge is 0.505 e. The maximum absolute atomic E-state index is 10.7. The van der Waals surface area contributed by atoms with E-state index in [-0.39, 0.29) is 16.6 Å². The maximum atomic E-state index is 10.7. The van der Waals surface area contributed by atoms with Crippen molar-refractivity contribution in [3.05, 3.63) is 59.4 Å². The molecule has 0 saturated heterocycles. The second-order valence-corrected chi connectivity index (χ2v) is 4.69. The van der Waals surface area contributed by atoms with Gasteiger partial charge in [0.25, 0.3) is 6.29 Å². The van der Waals surface area contributed by atoms with Crippen LogP contribution in [0.25, 0.3) is 21.9 Å². The fourth-order valence-electron chi connectivity index (χ4n) is 2.14. The van der Waals surface area contributed by atoms with Crippen molar-refractivity contribution in [3.63, 3.8) is 0 Å². The summed E-state index contributed by atoms with van der Waals surface area (Å²) >= 11 is 6.07. The number of aromatic hydroxyl groups is 1. The van der Waals surface area contributed by atoms with Gasteiger partial charge in [0.2, 0.25) is 0 Å². The normalized spacial score (nSPS) is 10.7. The van der Waals surface area contributed by atoms with Crippen LogP contribution in [0, 0.1) is 0 Å². The van der Waals surface area contributed by atoms with Gasteiger partial charge in [-0.3, -0.25) is 4.79 Å². The van der Waals surface area contributed by atoms with Gasteiger partial charge in [-0.15, -0.1) is 0 Å². The smallest absolute Gasteiger partial charge is 0.257 e. The highest BCUT2D eigenvalue weighted by Gasteiger charge is 2.13. The zero-order valence-electron chi connectivity index (χ0n) is 10.3. The lowest BCUT2D eigenvalue weighted by molar-refractivity contribution is 0.475. The first-order valence-electron chi connectivity index (χ1n) is 5.96. The third-order valence-electron chi connectivity index (χ3n) is 3.14. The number of fused-ring (bicyclic) bond motifs is 1. The highest BCUT2D eigenvalue weighted by atomic mass is 35.5. The highest BCUT2D eigenvalue weighted by molar-refractivity contribution is 6.34. The Hall–Kier alpha value is -2.39. The van der Waals surface area contributed by atoms with Crippen molar-refractivity contribution in [1.82, 2.24) is 4.98 Å². The zero-order chi connectivity index (χ0) is 14.1. The van der Waals surface area contributed by atoms with Crippen LogP contribution >= 0.6 is 11.6 Å². The van der Waals surface area contributed by atoms with E-state index in [4.69, 9.17) is 11.6 Å². The SMILES string of the molecule is O=[C]c1nc(Cl)c2cc(-c3ccccc3)ccc2c1O. The van der Waals surface area contributed by atoms with Gasteiger partial charge < -0.3 is 5.11 Å². The molecule has 20 heavy (non-hydrogen) atoms. The minimum Gasteiger partial charge on any atom is -0.505 e. The Kier molecular flexibility index (Phi) is 3.12. The third kappa shape index (κ3) is 2.02. The van der Waals surface area contributed by atoms with Crippen molar-refractivity contribution in [2.24, 2.45) is 0 Å². The zero-order valence-corrected chi connectivity index (χ0v) is 11.1. The minimum absolute atomic E-state index is 0.171. The molecule has 0 fully saturated rings. The molecule has 3 aromatic rings. The average Bonchev–Trinajstić information content (AvgIpc) is 2.51. The first kappa shape index (κ1) is 12.6. The molecule has 0 unspecified atom stereocenters. The van der Waals surface area contributed by atoms with Crippen molar-refractivity contribution in [2.75, 3.05) is 0 Å². The number of nitrogens with zero attached hydrogens (tertiary/aromatic N) is 1. The number of halogens is 1. The van der Waals surface area contributed by atoms with Gasteiger partial charge in [-0.05, 0) is 23.3 Å². The number of benzene rings is 2. The molecule has 3 nitrogen and oxygen atoms in total. The van der Waals surface area contributed by atoms with Crippen LogP contribution in [0.2, 0.25) is 5.15 Å². The summed E-state index contributed by atoms with van der Waals surface area (Å²) in [4.78, 5) is 14.6. The summed E-state index contributed by atoms with van der Waals surface area (Å²) in [5, 5.41) is 11.2. The molecule has 97 valence electrons. The minimum atomic E-state index is -0.195. The van der Waals surface area contributed by atoms with E-state index in [1.54, 1.807) is 12.4 Å². The van der Waals surface area contributed by atoms with Crippen LogP contribution in [0.5, 0.6) is 5.75 Å². The van der Waals surface area contributed by atoms with Gasteiger partial charge in [0.05, 0.1) is 0 Å². The molecule has 0 aliphatic carbocycles. The Labute approximate surface area is 120 Å². The molecule has 0 spiro atoms. The number of aromatic nitrogens is 1. The van der Waals surface area contributed by atoms with E-state index in [0.717, 1.165) is 11.1 Å². The van der Waals surface area contributed by atoms with Gasteiger partial charge in [-0.2, -0.15) is 0 Å².